The van der Waals surface area contributed by atoms with Crippen molar-refractivity contribution in [2.75, 3.05) is 5.32 Å². The molecule has 0 unspecified atom stereocenters. The second-order valence-corrected chi connectivity index (χ2v) is 6.73. The van der Waals surface area contributed by atoms with E-state index in [0.29, 0.717) is 18.1 Å². The number of carbonyl (C=O) groups excluding carboxylic acids is 1. The van der Waals surface area contributed by atoms with E-state index in [0.717, 1.165) is 24.0 Å². The van der Waals surface area contributed by atoms with Gasteiger partial charge >= 0.3 is 6.03 Å². The SMILES string of the molecule is Cn1cnc(-c2ccc(NC(=O)N(Cc3ccc(F)cc3)C3CC3)cc2)n1. The number of urea groups is 1. The fraction of sp³-hybridized carbons (Fsp3) is 0.250. The number of hydrogen-bond donors (Lipinski definition) is 1. The molecule has 1 aliphatic carbocycles. The molecule has 2 amide bonds. The van der Waals surface area contributed by atoms with Gasteiger partial charge in [0.2, 0.25) is 0 Å². The van der Waals surface area contributed by atoms with Crippen molar-refractivity contribution in [3.63, 3.8) is 0 Å². The molecule has 1 aromatic heterocycles. The van der Waals surface area contributed by atoms with Crippen LogP contribution in [0.3, 0.4) is 0 Å². The summed E-state index contributed by atoms with van der Waals surface area (Å²) in [6.07, 6.45) is 3.64. The molecule has 2 aromatic carbocycles. The molecular formula is C20H20FN5O. The number of hydrogen-bond acceptors (Lipinski definition) is 3. The van der Waals surface area contributed by atoms with Crippen LogP contribution in [0.15, 0.2) is 54.9 Å². The van der Waals surface area contributed by atoms with Crippen LogP contribution in [0.1, 0.15) is 18.4 Å². The van der Waals surface area contributed by atoms with Gasteiger partial charge in [-0.2, -0.15) is 5.10 Å². The van der Waals surface area contributed by atoms with E-state index in [1.807, 2.05) is 36.2 Å². The summed E-state index contributed by atoms with van der Waals surface area (Å²) in [7, 11) is 1.82. The molecule has 0 aliphatic heterocycles. The molecule has 138 valence electrons. The highest BCUT2D eigenvalue weighted by Gasteiger charge is 2.32. The number of benzene rings is 2. The van der Waals surface area contributed by atoms with E-state index < -0.39 is 0 Å². The van der Waals surface area contributed by atoms with E-state index in [1.165, 1.54) is 12.1 Å². The van der Waals surface area contributed by atoms with Crippen LogP contribution in [-0.2, 0) is 13.6 Å². The van der Waals surface area contributed by atoms with E-state index in [4.69, 9.17) is 0 Å². The van der Waals surface area contributed by atoms with Gasteiger partial charge in [0.05, 0.1) is 0 Å². The highest BCUT2D eigenvalue weighted by Crippen LogP contribution is 2.29. The van der Waals surface area contributed by atoms with E-state index in [-0.39, 0.29) is 17.9 Å². The third-order valence-corrected chi connectivity index (χ3v) is 4.51. The van der Waals surface area contributed by atoms with Crippen LogP contribution in [-0.4, -0.2) is 31.7 Å². The molecule has 1 heterocycles. The molecule has 1 aliphatic rings. The maximum Gasteiger partial charge on any atom is 0.322 e. The van der Waals surface area contributed by atoms with Crippen molar-refractivity contribution in [2.24, 2.45) is 7.05 Å². The minimum Gasteiger partial charge on any atom is -0.317 e. The zero-order valence-electron chi connectivity index (χ0n) is 15.0. The van der Waals surface area contributed by atoms with Crippen molar-refractivity contribution >= 4 is 11.7 Å². The first-order valence-corrected chi connectivity index (χ1v) is 8.86. The number of aryl methyl sites for hydroxylation is 1. The summed E-state index contributed by atoms with van der Waals surface area (Å²) in [4.78, 5) is 18.8. The van der Waals surface area contributed by atoms with Crippen LogP contribution in [0.5, 0.6) is 0 Å². The third-order valence-electron chi connectivity index (χ3n) is 4.51. The van der Waals surface area contributed by atoms with E-state index in [9.17, 15) is 9.18 Å². The Hall–Kier alpha value is -3.22. The van der Waals surface area contributed by atoms with Gasteiger partial charge in [-0.3, -0.25) is 4.68 Å². The quantitative estimate of drug-likeness (QED) is 0.748. The molecule has 1 saturated carbocycles. The molecule has 0 saturated heterocycles. The van der Waals surface area contributed by atoms with Crippen molar-refractivity contribution in [2.45, 2.75) is 25.4 Å². The lowest BCUT2D eigenvalue weighted by molar-refractivity contribution is 0.206. The molecule has 0 spiro atoms. The molecule has 27 heavy (non-hydrogen) atoms. The number of carbonyl (C=O) groups is 1. The minimum absolute atomic E-state index is 0.148. The van der Waals surface area contributed by atoms with E-state index >= 15 is 0 Å². The average Bonchev–Trinajstić information content (AvgIpc) is 3.42. The van der Waals surface area contributed by atoms with Crippen molar-refractivity contribution < 1.29 is 9.18 Å². The van der Waals surface area contributed by atoms with Gasteiger partial charge in [0.1, 0.15) is 12.1 Å². The second kappa shape index (κ2) is 7.19. The Labute approximate surface area is 156 Å². The van der Waals surface area contributed by atoms with E-state index in [1.54, 1.807) is 23.1 Å². The van der Waals surface area contributed by atoms with Crippen molar-refractivity contribution in [3.8, 4) is 11.4 Å². The van der Waals surface area contributed by atoms with Crippen LogP contribution in [0.25, 0.3) is 11.4 Å². The van der Waals surface area contributed by atoms with Gasteiger partial charge in [0.25, 0.3) is 0 Å². The van der Waals surface area contributed by atoms with Crippen LogP contribution in [0.2, 0.25) is 0 Å². The minimum atomic E-state index is -0.274. The Morgan fingerprint density at radius 2 is 1.89 bits per heavy atom. The summed E-state index contributed by atoms with van der Waals surface area (Å²) in [5.74, 6) is 0.370. The first kappa shape index (κ1) is 17.2. The smallest absolute Gasteiger partial charge is 0.317 e. The van der Waals surface area contributed by atoms with Crippen molar-refractivity contribution in [3.05, 3.63) is 66.2 Å². The lowest BCUT2D eigenvalue weighted by atomic mass is 10.2. The molecule has 1 fully saturated rings. The van der Waals surface area contributed by atoms with Crippen LogP contribution in [0, 0.1) is 5.82 Å². The average molecular weight is 365 g/mol. The van der Waals surface area contributed by atoms with Gasteiger partial charge in [-0.1, -0.05) is 12.1 Å². The second-order valence-electron chi connectivity index (χ2n) is 6.73. The fourth-order valence-corrected chi connectivity index (χ4v) is 2.91. The number of anilines is 1. The first-order chi connectivity index (χ1) is 13.1. The number of nitrogens with one attached hydrogen (secondary N) is 1. The lowest BCUT2D eigenvalue weighted by Crippen LogP contribution is -2.36. The Morgan fingerprint density at radius 1 is 1.19 bits per heavy atom. The molecule has 0 atom stereocenters. The van der Waals surface area contributed by atoms with Gasteiger partial charge in [-0.25, -0.2) is 14.2 Å². The Morgan fingerprint density at radius 3 is 2.48 bits per heavy atom. The zero-order chi connectivity index (χ0) is 18.8. The molecule has 0 bridgehead atoms. The summed E-state index contributed by atoms with van der Waals surface area (Å²) in [6, 6.07) is 13.8. The Bertz CT molecular complexity index is 932. The van der Waals surface area contributed by atoms with Crippen molar-refractivity contribution in [1.82, 2.24) is 19.7 Å². The number of aromatic nitrogens is 3. The fourth-order valence-electron chi connectivity index (χ4n) is 2.91. The molecule has 6 nitrogen and oxygen atoms in total. The molecule has 1 N–H and O–H groups in total. The summed E-state index contributed by atoms with van der Waals surface area (Å²) in [5, 5.41) is 7.21. The number of nitrogens with zero attached hydrogens (tertiary/aromatic N) is 4. The monoisotopic (exact) mass is 365 g/mol. The summed E-state index contributed by atoms with van der Waals surface area (Å²) >= 11 is 0. The number of amides is 2. The van der Waals surface area contributed by atoms with Gasteiger partial charge in [-0.15, -0.1) is 0 Å². The maximum absolute atomic E-state index is 13.1. The maximum atomic E-state index is 13.1. The van der Waals surface area contributed by atoms with Gasteiger partial charge < -0.3 is 10.2 Å². The third kappa shape index (κ3) is 4.13. The Kier molecular flexibility index (Phi) is 4.58. The highest BCUT2D eigenvalue weighted by atomic mass is 19.1. The Balaban J connectivity index is 1.44. The number of rotatable bonds is 5. The topological polar surface area (TPSA) is 63.1 Å². The van der Waals surface area contributed by atoms with Gasteiger partial charge in [-0.05, 0) is 54.8 Å². The standard InChI is InChI=1S/C20H20FN5O/c1-25-13-22-19(24-25)15-4-8-17(9-5-15)23-20(27)26(18-10-11-18)12-14-2-6-16(21)7-3-14/h2-9,13,18H,10-12H2,1H3,(H,23,27). The summed E-state index contributed by atoms with van der Waals surface area (Å²) in [5.41, 5.74) is 2.51. The summed E-state index contributed by atoms with van der Waals surface area (Å²) in [6.45, 7) is 0.465. The van der Waals surface area contributed by atoms with Crippen molar-refractivity contribution in [1.29, 1.82) is 0 Å². The molecular weight excluding hydrogens is 345 g/mol. The largest absolute Gasteiger partial charge is 0.322 e. The molecule has 0 radical (unpaired) electrons. The molecule has 4 rings (SSSR count). The summed E-state index contributed by atoms with van der Waals surface area (Å²) < 4.78 is 14.7. The zero-order valence-corrected chi connectivity index (χ0v) is 15.0. The molecule has 7 heteroatoms. The van der Waals surface area contributed by atoms with E-state index in [2.05, 4.69) is 15.4 Å². The molecule has 3 aromatic rings. The number of halogens is 1. The van der Waals surface area contributed by atoms with Crippen LogP contribution < -0.4 is 5.32 Å². The lowest BCUT2D eigenvalue weighted by Gasteiger charge is -2.23. The van der Waals surface area contributed by atoms with Gasteiger partial charge in [0.15, 0.2) is 5.82 Å². The first-order valence-electron chi connectivity index (χ1n) is 8.86. The normalized spacial score (nSPS) is 13.4. The predicted octanol–water partition coefficient (Wildman–Crippen LogP) is 3.82. The predicted molar refractivity (Wildman–Crippen MR) is 100 cm³/mol. The highest BCUT2D eigenvalue weighted by molar-refractivity contribution is 5.90. The van der Waals surface area contributed by atoms with Gasteiger partial charge in [0, 0.05) is 30.9 Å². The van der Waals surface area contributed by atoms with Crippen LogP contribution >= 0.6 is 0 Å². The van der Waals surface area contributed by atoms with Crippen LogP contribution in [0.4, 0.5) is 14.9 Å².